The molecule has 0 fully saturated rings. The van der Waals surface area contributed by atoms with Crippen LogP contribution in [0, 0.1) is 6.92 Å². The van der Waals surface area contributed by atoms with Crippen molar-refractivity contribution < 1.29 is 18.0 Å². The number of sulfonamides is 1. The van der Waals surface area contributed by atoms with Crippen LogP contribution < -0.4 is 9.62 Å². The van der Waals surface area contributed by atoms with E-state index in [9.17, 15) is 18.0 Å². The smallest absolute Gasteiger partial charge is 0.264 e. The van der Waals surface area contributed by atoms with E-state index in [0.29, 0.717) is 13.0 Å². The van der Waals surface area contributed by atoms with E-state index in [1.807, 2.05) is 68.4 Å². The first-order valence-corrected chi connectivity index (χ1v) is 16.5. The molecule has 0 saturated heterocycles. The molecule has 0 aliphatic heterocycles. The lowest BCUT2D eigenvalue weighted by Gasteiger charge is -2.34. The summed E-state index contributed by atoms with van der Waals surface area (Å²) in [5, 5.41) is 3.08. The second-order valence-electron chi connectivity index (χ2n) is 10.3. The molecule has 0 aliphatic rings. The van der Waals surface area contributed by atoms with E-state index in [4.69, 9.17) is 23.2 Å². The molecule has 4 aromatic carbocycles. The van der Waals surface area contributed by atoms with Crippen LogP contribution >= 0.6 is 23.2 Å². The molecule has 0 aromatic heterocycles. The zero-order chi connectivity index (χ0) is 31.7. The molecular formula is C34H35Cl2N3O4S. The van der Waals surface area contributed by atoms with Crippen LogP contribution in [0.5, 0.6) is 0 Å². The van der Waals surface area contributed by atoms with Gasteiger partial charge < -0.3 is 10.2 Å². The fourth-order valence-electron chi connectivity index (χ4n) is 4.81. The number of carbonyl (C=O) groups excluding carboxylic acids is 2. The van der Waals surface area contributed by atoms with Crippen molar-refractivity contribution in [2.75, 3.05) is 17.4 Å². The van der Waals surface area contributed by atoms with Gasteiger partial charge in [0.05, 0.1) is 20.6 Å². The Kier molecular flexibility index (Phi) is 11.4. The lowest BCUT2D eigenvalue weighted by atomic mass is 10.0. The molecule has 0 spiro atoms. The molecule has 0 bridgehead atoms. The van der Waals surface area contributed by atoms with Crippen molar-refractivity contribution in [3.8, 4) is 0 Å². The second kappa shape index (κ2) is 15.2. The summed E-state index contributed by atoms with van der Waals surface area (Å²) in [4.78, 5) is 29.7. The largest absolute Gasteiger partial charge is 0.354 e. The maximum absolute atomic E-state index is 14.5. The Labute approximate surface area is 269 Å². The number of halogens is 2. The van der Waals surface area contributed by atoms with Gasteiger partial charge in [0.25, 0.3) is 10.0 Å². The summed E-state index contributed by atoms with van der Waals surface area (Å²) in [6.45, 7) is 3.78. The van der Waals surface area contributed by atoms with E-state index in [0.717, 1.165) is 21.0 Å². The lowest BCUT2D eigenvalue weighted by Crippen LogP contribution is -2.53. The quantitative estimate of drug-likeness (QED) is 0.175. The van der Waals surface area contributed by atoms with Crippen LogP contribution in [0.1, 0.15) is 30.0 Å². The van der Waals surface area contributed by atoms with Crippen molar-refractivity contribution >= 4 is 50.7 Å². The van der Waals surface area contributed by atoms with Crippen molar-refractivity contribution in [1.29, 1.82) is 0 Å². The number of nitrogens with zero attached hydrogens (tertiary/aromatic N) is 2. The summed E-state index contributed by atoms with van der Waals surface area (Å²) in [6, 6.07) is 28.5. The third-order valence-corrected chi connectivity index (χ3v) is 9.82. The molecule has 1 unspecified atom stereocenters. The molecular weight excluding hydrogens is 617 g/mol. The van der Waals surface area contributed by atoms with Crippen molar-refractivity contribution in [2.45, 2.75) is 44.2 Å². The summed E-state index contributed by atoms with van der Waals surface area (Å²) >= 11 is 12.9. The highest BCUT2D eigenvalue weighted by molar-refractivity contribution is 7.92. The van der Waals surface area contributed by atoms with Gasteiger partial charge in [0.2, 0.25) is 11.8 Å². The number of amides is 2. The van der Waals surface area contributed by atoms with Crippen LogP contribution in [0.25, 0.3) is 0 Å². The average Bonchev–Trinajstić information content (AvgIpc) is 3.03. The Balaban J connectivity index is 1.83. The Morgan fingerprint density at radius 1 is 0.841 bits per heavy atom. The first-order valence-electron chi connectivity index (χ1n) is 14.3. The average molecular weight is 653 g/mol. The van der Waals surface area contributed by atoms with Gasteiger partial charge in [-0.1, -0.05) is 109 Å². The van der Waals surface area contributed by atoms with Gasteiger partial charge in [0.1, 0.15) is 12.6 Å². The number of anilines is 1. The fraction of sp³-hybridized carbons (Fsp3) is 0.235. The van der Waals surface area contributed by atoms with Crippen LogP contribution in [0.2, 0.25) is 10.0 Å². The predicted molar refractivity (Wildman–Crippen MR) is 176 cm³/mol. The Morgan fingerprint density at radius 3 is 2.14 bits per heavy atom. The Morgan fingerprint density at radius 2 is 1.48 bits per heavy atom. The number of rotatable bonds is 13. The van der Waals surface area contributed by atoms with Crippen molar-refractivity contribution in [1.82, 2.24) is 10.2 Å². The van der Waals surface area contributed by atoms with Gasteiger partial charge in [-0.25, -0.2) is 8.42 Å². The monoisotopic (exact) mass is 651 g/mol. The predicted octanol–water partition coefficient (Wildman–Crippen LogP) is 6.66. The number of nitrogens with one attached hydrogen (secondary N) is 1. The van der Waals surface area contributed by atoms with Gasteiger partial charge in [0, 0.05) is 19.5 Å². The van der Waals surface area contributed by atoms with Gasteiger partial charge in [0.15, 0.2) is 0 Å². The van der Waals surface area contributed by atoms with Gasteiger partial charge in [-0.3, -0.25) is 13.9 Å². The zero-order valence-electron chi connectivity index (χ0n) is 24.6. The number of hydrogen-bond donors (Lipinski definition) is 1. The van der Waals surface area contributed by atoms with E-state index in [1.54, 1.807) is 30.3 Å². The van der Waals surface area contributed by atoms with Gasteiger partial charge in [-0.05, 0) is 54.3 Å². The summed E-state index contributed by atoms with van der Waals surface area (Å²) < 4.78 is 29.1. The normalized spacial score (nSPS) is 11.9. The zero-order valence-corrected chi connectivity index (χ0v) is 26.9. The van der Waals surface area contributed by atoms with E-state index in [2.05, 4.69) is 5.32 Å². The maximum atomic E-state index is 14.5. The molecule has 1 N–H and O–H groups in total. The highest BCUT2D eigenvalue weighted by Crippen LogP contribution is 2.35. The maximum Gasteiger partial charge on any atom is 0.264 e. The summed E-state index contributed by atoms with van der Waals surface area (Å²) in [6.07, 6.45) is 0.948. The van der Waals surface area contributed by atoms with E-state index >= 15 is 0 Å². The minimum Gasteiger partial charge on any atom is -0.354 e. The second-order valence-corrected chi connectivity index (χ2v) is 13.0. The summed E-state index contributed by atoms with van der Waals surface area (Å²) in [7, 11) is -4.28. The van der Waals surface area contributed by atoms with Gasteiger partial charge in [-0.15, -0.1) is 0 Å². The molecule has 2 amide bonds. The number of carbonyl (C=O) groups is 2. The van der Waals surface area contributed by atoms with E-state index < -0.39 is 28.5 Å². The van der Waals surface area contributed by atoms with Gasteiger partial charge >= 0.3 is 0 Å². The highest BCUT2D eigenvalue weighted by Gasteiger charge is 2.35. The summed E-state index contributed by atoms with van der Waals surface area (Å²) in [5.74, 6) is -0.896. The summed E-state index contributed by atoms with van der Waals surface area (Å²) in [5.41, 5.74) is 2.69. The van der Waals surface area contributed by atoms with E-state index in [1.165, 1.54) is 23.1 Å². The molecule has 0 radical (unpaired) electrons. The standard InChI is InChI=1S/C34H35Cl2N3O4S/c1-3-21-37-34(41)31(22-26-14-6-4-7-15-26)38(23-27-16-11-10-13-25(27)2)32(40)24-39(30-20-12-19-29(35)33(30)36)44(42,43)28-17-8-5-9-18-28/h4-20,31H,3,21-24H2,1-2H3,(H,37,41). The molecule has 0 aliphatic carbocycles. The van der Waals surface area contributed by atoms with Crippen LogP contribution in [-0.2, 0) is 32.6 Å². The minimum absolute atomic E-state index is 0.00606. The fourth-order valence-corrected chi connectivity index (χ4v) is 6.70. The molecule has 44 heavy (non-hydrogen) atoms. The number of benzene rings is 4. The molecule has 4 aromatic rings. The molecule has 10 heteroatoms. The molecule has 230 valence electrons. The molecule has 7 nitrogen and oxygen atoms in total. The topological polar surface area (TPSA) is 86.8 Å². The molecule has 1 atom stereocenters. The van der Waals surface area contributed by atoms with Gasteiger partial charge in [-0.2, -0.15) is 0 Å². The number of aryl methyl sites for hydroxylation is 1. The molecule has 0 heterocycles. The Bertz CT molecular complexity index is 1690. The van der Waals surface area contributed by atoms with Crippen LogP contribution in [-0.4, -0.2) is 44.3 Å². The number of hydrogen-bond acceptors (Lipinski definition) is 4. The first-order chi connectivity index (χ1) is 21.1. The van der Waals surface area contributed by atoms with Crippen LogP contribution in [0.4, 0.5) is 5.69 Å². The van der Waals surface area contributed by atoms with Crippen LogP contribution in [0.15, 0.2) is 108 Å². The van der Waals surface area contributed by atoms with Crippen molar-refractivity contribution in [2.24, 2.45) is 0 Å². The van der Waals surface area contributed by atoms with Crippen LogP contribution in [0.3, 0.4) is 0 Å². The van der Waals surface area contributed by atoms with Crippen molar-refractivity contribution in [3.05, 3.63) is 130 Å². The highest BCUT2D eigenvalue weighted by atomic mass is 35.5. The minimum atomic E-state index is -4.28. The SMILES string of the molecule is CCCNC(=O)C(Cc1ccccc1)N(Cc1ccccc1C)C(=O)CN(c1cccc(Cl)c1Cl)S(=O)(=O)c1ccccc1. The van der Waals surface area contributed by atoms with Crippen molar-refractivity contribution in [3.63, 3.8) is 0 Å². The third-order valence-electron chi connectivity index (χ3n) is 7.23. The van der Waals surface area contributed by atoms with E-state index in [-0.39, 0.29) is 39.5 Å². The third kappa shape index (κ3) is 8.00. The first kappa shape index (κ1) is 33.1. The lowest BCUT2D eigenvalue weighted by molar-refractivity contribution is -0.140. The molecule has 0 saturated carbocycles. The molecule has 4 rings (SSSR count). The Hall–Kier alpha value is -3.85.